The molecule has 0 saturated heterocycles. The number of unbranched alkanes of at least 4 members (excludes halogenated alkanes) is 7. The lowest BCUT2D eigenvalue weighted by molar-refractivity contribution is -0.124. The van der Waals surface area contributed by atoms with E-state index in [0.717, 1.165) is 6.54 Å². The van der Waals surface area contributed by atoms with Gasteiger partial charge in [-0.3, -0.25) is 4.79 Å². The molecule has 0 atom stereocenters. The van der Waals surface area contributed by atoms with Crippen LogP contribution in [0.3, 0.4) is 0 Å². The van der Waals surface area contributed by atoms with Crippen LogP contribution in [0.5, 0.6) is 0 Å². The second kappa shape index (κ2) is 16.2. The zero-order valence-electron chi connectivity index (χ0n) is 13.0. The highest BCUT2D eigenvalue weighted by Gasteiger charge is 1.96. The van der Waals surface area contributed by atoms with Crippen LogP contribution in [0, 0.1) is 0 Å². The van der Waals surface area contributed by atoms with Gasteiger partial charge in [0.2, 0.25) is 5.91 Å². The van der Waals surface area contributed by atoms with Crippen LogP contribution < -0.4 is 0 Å². The molecular weight excluding hydrogens is 222 g/mol. The summed E-state index contributed by atoms with van der Waals surface area (Å²) in [4.78, 5) is 12.1. The first-order chi connectivity index (χ1) is 8.63. The molecule has 0 aromatic rings. The van der Waals surface area contributed by atoms with Crippen LogP contribution in [-0.2, 0) is 4.79 Å². The highest BCUT2D eigenvalue weighted by Crippen LogP contribution is 2.07. The molecule has 2 heteroatoms. The minimum absolute atomic E-state index is 0.0208. The van der Waals surface area contributed by atoms with E-state index in [4.69, 9.17) is 0 Å². The topological polar surface area (TPSA) is 20.3 Å². The SMILES string of the molecule is C=CC(=O)N(C)CC.CCCCCCCCCC. The van der Waals surface area contributed by atoms with Crippen molar-refractivity contribution >= 4 is 5.91 Å². The van der Waals surface area contributed by atoms with Gasteiger partial charge in [0.1, 0.15) is 0 Å². The summed E-state index contributed by atoms with van der Waals surface area (Å²) in [6.07, 6.45) is 12.8. The second-order valence-corrected chi connectivity index (χ2v) is 4.68. The van der Waals surface area contributed by atoms with Gasteiger partial charge in [0, 0.05) is 13.6 Å². The Morgan fingerprint density at radius 2 is 1.33 bits per heavy atom. The summed E-state index contributed by atoms with van der Waals surface area (Å²) in [5.41, 5.74) is 0. The Hall–Kier alpha value is -0.790. The first-order valence-corrected chi connectivity index (χ1v) is 7.51. The van der Waals surface area contributed by atoms with Crippen molar-refractivity contribution in [3.05, 3.63) is 12.7 Å². The zero-order chi connectivity index (χ0) is 14.2. The lowest BCUT2D eigenvalue weighted by Gasteiger charge is -2.09. The van der Waals surface area contributed by atoms with Gasteiger partial charge in [0.15, 0.2) is 0 Å². The first kappa shape index (κ1) is 19.5. The van der Waals surface area contributed by atoms with Crippen molar-refractivity contribution in [3.63, 3.8) is 0 Å². The Labute approximate surface area is 114 Å². The van der Waals surface area contributed by atoms with E-state index in [1.807, 2.05) is 6.92 Å². The molecule has 0 aromatic carbocycles. The molecule has 0 rings (SSSR count). The molecule has 0 bridgehead atoms. The fourth-order valence-corrected chi connectivity index (χ4v) is 1.52. The molecule has 108 valence electrons. The number of nitrogens with zero attached hydrogens (tertiary/aromatic N) is 1. The standard InChI is InChI=1S/C10H22.C6H11NO/c1-3-5-7-9-10-8-6-4-2;1-4-6(8)7(3)5-2/h3-10H2,1-2H3;4H,1,5H2,2-3H3. The highest BCUT2D eigenvalue weighted by atomic mass is 16.2. The maximum Gasteiger partial charge on any atom is 0.245 e. The van der Waals surface area contributed by atoms with Crippen LogP contribution in [0.1, 0.15) is 72.1 Å². The van der Waals surface area contributed by atoms with E-state index in [1.165, 1.54) is 57.4 Å². The van der Waals surface area contributed by atoms with E-state index in [9.17, 15) is 4.79 Å². The number of hydrogen-bond donors (Lipinski definition) is 0. The summed E-state index contributed by atoms with van der Waals surface area (Å²) in [5, 5.41) is 0. The van der Waals surface area contributed by atoms with Crippen molar-refractivity contribution in [3.8, 4) is 0 Å². The Morgan fingerprint density at radius 3 is 1.56 bits per heavy atom. The van der Waals surface area contributed by atoms with Crippen molar-refractivity contribution in [2.45, 2.75) is 72.1 Å². The molecule has 0 aliphatic carbocycles. The van der Waals surface area contributed by atoms with E-state index in [1.54, 1.807) is 11.9 Å². The van der Waals surface area contributed by atoms with Crippen LogP contribution in [0.25, 0.3) is 0 Å². The number of likely N-dealkylation sites (N-methyl/N-ethyl adjacent to an activating group) is 1. The third-order valence-electron chi connectivity index (χ3n) is 2.98. The van der Waals surface area contributed by atoms with Gasteiger partial charge in [0.05, 0.1) is 0 Å². The van der Waals surface area contributed by atoms with Gasteiger partial charge >= 0.3 is 0 Å². The lowest BCUT2D eigenvalue weighted by atomic mass is 10.1. The normalized spacial score (nSPS) is 9.33. The van der Waals surface area contributed by atoms with Crippen LogP contribution in [0.2, 0.25) is 0 Å². The average molecular weight is 255 g/mol. The van der Waals surface area contributed by atoms with Crippen molar-refractivity contribution in [2.75, 3.05) is 13.6 Å². The van der Waals surface area contributed by atoms with Crippen LogP contribution >= 0.6 is 0 Å². The van der Waals surface area contributed by atoms with E-state index < -0.39 is 0 Å². The molecule has 0 saturated carbocycles. The minimum atomic E-state index is -0.0208. The van der Waals surface area contributed by atoms with E-state index in [0.29, 0.717) is 0 Å². The summed E-state index contributed by atoms with van der Waals surface area (Å²) >= 11 is 0. The van der Waals surface area contributed by atoms with Gasteiger partial charge in [0.25, 0.3) is 0 Å². The molecule has 0 aliphatic heterocycles. The van der Waals surface area contributed by atoms with Gasteiger partial charge in [-0.15, -0.1) is 0 Å². The quantitative estimate of drug-likeness (QED) is 0.428. The smallest absolute Gasteiger partial charge is 0.245 e. The molecule has 0 fully saturated rings. The Morgan fingerprint density at radius 1 is 0.944 bits per heavy atom. The average Bonchev–Trinajstić information content (AvgIpc) is 2.41. The summed E-state index contributed by atoms with van der Waals surface area (Å²) in [7, 11) is 1.74. The zero-order valence-corrected chi connectivity index (χ0v) is 13.0. The second-order valence-electron chi connectivity index (χ2n) is 4.68. The van der Waals surface area contributed by atoms with Crippen molar-refractivity contribution in [2.24, 2.45) is 0 Å². The molecule has 2 nitrogen and oxygen atoms in total. The van der Waals surface area contributed by atoms with Gasteiger partial charge in [-0.1, -0.05) is 71.8 Å². The van der Waals surface area contributed by atoms with Gasteiger partial charge in [-0.25, -0.2) is 0 Å². The maximum atomic E-state index is 10.6. The van der Waals surface area contributed by atoms with E-state index in [2.05, 4.69) is 20.4 Å². The minimum Gasteiger partial charge on any atom is -0.343 e. The maximum absolute atomic E-state index is 10.6. The third-order valence-corrected chi connectivity index (χ3v) is 2.98. The molecule has 0 heterocycles. The summed E-state index contributed by atoms with van der Waals surface area (Å²) in [5.74, 6) is -0.0208. The van der Waals surface area contributed by atoms with E-state index in [-0.39, 0.29) is 5.91 Å². The van der Waals surface area contributed by atoms with Crippen LogP contribution in [0.4, 0.5) is 0 Å². The molecule has 0 N–H and O–H groups in total. The largest absolute Gasteiger partial charge is 0.343 e. The van der Waals surface area contributed by atoms with Crippen LogP contribution in [0.15, 0.2) is 12.7 Å². The summed E-state index contributed by atoms with van der Waals surface area (Å²) in [6, 6.07) is 0. The van der Waals surface area contributed by atoms with Crippen molar-refractivity contribution in [1.82, 2.24) is 4.90 Å². The highest BCUT2D eigenvalue weighted by molar-refractivity contribution is 5.86. The number of rotatable bonds is 9. The Kier molecular flexibility index (Phi) is 17.6. The first-order valence-electron chi connectivity index (χ1n) is 7.51. The molecule has 0 aliphatic rings. The fraction of sp³-hybridized carbons (Fsp3) is 0.812. The predicted molar refractivity (Wildman–Crippen MR) is 81.8 cm³/mol. The number of hydrogen-bond acceptors (Lipinski definition) is 1. The Bertz CT molecular complexity index is 182. The van der Waals surface area contributed by atoms with E-state index >= 15 is 0 Å². The molecule has 0 aromatic heterocycles. The van der Waals surface area contributed by atoms with Crippen LogP contribution in [-0.4, -0.2) is 24.4 Å². The Balaban J connectivity index is 0. The predicted octanol–water partition coefficient (Wildman–Crippen LogP) is 4.80. The number of carbonyl (C=O) groups excluding carboxylic acids is 1. The fourth-order valence-electron chi connectivity index (χ4n) is 1.52. The summed E-state index contributed by atoms with van der Waals surface area (Å²) in [6.45, 7) is 10.5. The molecule has 0 radical (unpaired) electrons. The van der Waals surface area contributed by atoms with Gasteiger partial charge in [-0.05, 0) is 13.0 Å². The lowest BCUT2D eigenvalue weighted by Crippen LogP contribution is -2.23. The van der Waals surface area contributed by atoms with Gasteiger partial charge in [-0.2, -0.15) is 0 Å². The van der Waals surface area contributed by atoms with Crippen molar-refractivity contribution in [1.29, 1.82) is 0 Å². The number of amides is 1. The molecular formula is C16H33NO. The molecule has 0 spiro atoms. The van der Waals surface area contributed by atoms with Crippen molar-refractivity contribution < 1.29 is 4.79 Å². The van der Waals surface area contributed by atoms with Gasteiger partial charge < -0.3 is 4.90 Å². The number of carbonyl (C=O) groups is 1. The summed E-state index contributed by atoms with van der Waals surface area (Å²) < 4.78 is 0. The molecule has 1 amide bonds. The third kappa shape index (κ3) is 15.2. The monoisotopic (exact) mass is 255 g/mol. The molecule has 18 heavy (non-hydrogen) atoms. The molecule has 0 unspecified atom stereocenters.